The van der Waals surface area contributed by atoms with Crippen molar-refractivity contribution < 1.29 is 14.3 Å². The Kier molecular flexibility index (Phi) is 3.71. The molecule has 2 rings (SSSR count). The molecule has 1 N–H and O–H groups in total. The molecule has 1 aliphatic heterocycles. The van der Waals surface area contributed by atoms with Crippen molar-refractivity contribution in [1.29, 1.82) is 0 Å². The summed E-state index contributed by atoms with van der Waals surface area (Å²) in [5.41, 5.74) is 0.599. The van der Waals surface area contributed by atoms with Gasteiger partial charge in [0.25, 0.3) is 5.91 Å². The minimum absolute atomic E-state index is 0.0643. The van der Waals surface area contributed by atoms with E-state index in [1.54, 1.807) is 25.1 Å². The average molecular weight is 258 g/mol. The van der Waals surface area contributed by atoms with E-state index in [1.165, 1.54) is 4.90 Å². The lowest BCUT2D eigenvalue weighted by Crippen LogP contribution is -2.48. The zero-order valence-corrected chi connectivity index (χ0v) is 10.6. The summed E-state index contributed by atoms with van der Waals surface area (Å²) in [6.45, 7) is 1.74. The van der Waals surface area contributed by atoms with Crippen LogP contribution in [0.3, 0.4) is 0 Å². The molecule has 1 heterocycles. The molecular weight excluding hydrogens is 244 g/mol. The molecule has 1 atom stereocenters. The molecule has 0 radical (unpaired) electrons. The van der Waals surface area contributed by atoms with Crippen LogP contribution < -0.4 is 15.0 Å². The number of carbonyl (C=O) groups excluding carboxylic acids is 2. The summed E-state index contributed by atoms with van der Waals surface area (Å²) in [6, 6.07) is 7.12. The number of hydrogen-bond donors (Lipinski definition) is 1. The summed E-state index contributed by atoms with van der Waals surface area (Å²) in [7, 11) is 0. The van der Waals surface area contributed by atoms with Crippen LogP contribution in [0.4, 0.5) is 5.69 Å². The number of fused-ring (bicyclic) bond motifs is 1. The second kappa shape index (κ2) is 5.44. The third kappa shape index (κ3) is 2.68. The second-order valence-corrected chi connectivity index (χ2v) is 4.13. The average Bonchev–Trinajstić information content (AvgIpc) is 2.41. The largest absolute Gasteiger partial charge is 0.479 e. The van der Waals surface area contributed by atoms with Gasteiger partial charge in [0.1, 0.15) is 12.3 Å². The van der Waals surface area contributed by atoms with Crippen molar-refractivity contribution in [1.82, 2.24) is 5.32 Å². The lowest BCUT2D eigenvalue weighted by Gasteiger charge is -2.32. The van der Waals surface area contributed by atoms with Crippen LogP contribution in [0.25, 0.3) is 0 Å². The number of hydrogen-bond acceptors (Lipinski definition) is 3. The monoisotopic (exact) mass is 258 g/mol. The highest BCUT2D eigenvalue weighted by atomic mass is 16.5. The number of amides is 2. The maximum atomic E-state index is 12.1. The number of nitrogens with one attached hydrogen (secondary N) is 1. The highest BCUT2D eigenvalue weighted by Gasteiger charge is 2.32. The Morgan fingerprint density at radius 3 is 3.00 bits per heavy atom. The summed E-state index contributed by atoms with van der Waals surface area (Å²) >= 11 is 0. The molecule has 1 aromatic carbocycles. The highest BCUT2D eigenvalue weighted by molar-refractivity contribution is 6.03. The third-order valence-electron chi connectivity index (χ3n) is 2.76. The van der Waals surface area contributed by atoms with Crippen LogP contribution in [-0.4, -0.2) is 31.0 Å². The number of para-hydroxylation sites is 2. The highest BCUT2D eigenvalue weighted by Crippen LogP contribution is 2.33. The van der Waals surface area contributed by atoms with Crippen molar-refractivity contribution in [2.24, 2.45) is 0 Å². The maximum Gasteiger partial charge on any atom is 0.268 e. The fraction of sp³-hybridized carbons (Fsp3) is 0.286. The third-order valence-corrected chi connectivity index (χ3v) is 2.76. The van der Waals surface area contributed by atoms with E-state index in [9.17, 15) is 9.59 Å². The molecule has 1 aromatic rings. The Bertz CT molecular complexity index is 548. The molecule has 2 amide bonds. The Balaban J connectivity index is 2.21. The second-order valence-electron chi connectivity index (χ2n) is 4.13. The van der Waals surface area contributed by atoms with Crippen LogP contribution in [-0.2, 0) is 9.59 Å². The van der Waals surface area contributed by atoms with Crippen molar-refractivity contribution in [3.05, 3.63) is 24.3 Å². The minimum Gasteiger partial charge on any atom is -0.479 e. The van der Waals surface area contributed by atoms with Crippen LogP contribution >= 0.6 is 0 Å². The number of benzene rings is 1. The molecule has 0 unspecified atom stereocenters. The first-order valence-electron chi connectivity index (χ1n) is 5.90. The molecule has 0 aromatic heterocycles. The van der Waals surface area contributed by atoms with E-state index in [-0.39, 0.29) is 24.9 Å². The molecule has 0 spiro atoms. The van der Waals surface area contributed by atoms with Gasteiger partial charge in [0.2, 0.25) is 5.91 Å². The van der Waals surface area contributed by atoms with Gasteiger partial charge in [-0.05, 0) is 19.1 Å². The van der Waals surface area contributed by atoms with Gasteiger partial charge in [0.15, 0.2) is 6.10 Å². The van der Waals surface area contributed by atoms with Crippen LogP contribution in [0.2, 0.25) is 0 Å². The molecule has 0 saturated heterocycles. The molecule has 0 aliphatic carbocycles. The van der Waals surface area contributed by atoms with Gasteiger partial charge in [-0.15, -0.1) is 6.42 Å². The Labute approximate surface area is 111 Å². The van der Waals surface area contributed by atoms with E-state index in [0.29, 0.717) is 11.4 Å². The molecule has 5 nitrogen and oxygen atoms in total. The Morgan fingerprint density at radius 1 is 1.53 bits per heavy atom. The first-order chi connectivity index (χ1) is 9.13. The molecule has 5 heteroatoms. The number of rotatable bonds is 3. The molecule has 0 fully saturated rings. The predicted octanol–water partition coefficient (Wildman–Crippen LogP) is 0.550. The minimum atomic E-state index is -0.602. The Morgan fingerprint density at radius 2 is 2.26 bits per heavy atom. The quantitative estimate of drug-likeness (QED) is 0.805. The summed E-state index contributed by atoms with van der Waals surface area (Å²) < 4.78 is 5.48. The fourth-order valence-electron chi connectivity index (χ4n) is 1.87. The molecule has 98 valence electrons. The Hall–Kier alpha value is -2.48. The van der Waals surface area contributed by atoms with E-state index in [2.05, 4.69) is 11.2 Å². The normalized spacial score (nSPS) is 17.2. The first-order valence-corrected chi connectivity index (χ1v) is 5.90. The number of terminal acetylenes is 1. The van der Waals surface area contributed by atoms with E-state index in [4.69, 9.17) is 11.2 Å². The van der Waals surface area contributed by atoms with Gasteiger partial charge in [0.05, 0.1) is 12.2 Å². The lowest BCUT2D eigenvalue weighted by atomic mass is 10.2. The summed E-state index contributed by atoms with van der Waals surface area (Å²) in [4.78, 5) is 25.2. The SMILES string of the molecule is C#CCNC(=O)CN1C(=O)[C@@H](C)Oc2ccccc21. The lowest BCUT2D eigenvalue weighted by molar-refractivity contribution is -0.128. The van der Waals surface area contributed by atoms with Crippen molar-refractivity contribution in [2.45, 2.75) is 13.0 Å². The molecule has 19 heavy (non-hydrogen) atoms. The van der Waals surface area contributed by atoms with Crippen molar-refractivity contribution >= 4 is 17.5 Å². The van der Waals surface area contributed by atoms with E-state index < -0.39 is 6.10 Å². The van der Waals surface area contributed by atoms with Crippen molar-refractivity contribution in [2.75, 3.05) is 18.0 Å². The number of carbonyl (C=O) groups is 2. The van der Waals surface area contributed by atoms with Crippen molar-refractivity contribution in [3.8, 4) is 18.1 Å². The van der Waals surface area contributed by atoms with Gasteiger partial charge in [-0.3, -0.25) is 14.5 Å². The number of ether oxygens (including phenoxy) is 1. The van der Waals surface area contributed by atoms with Gasteiger partial charge < -0.3 is 10.1 Å². The van der Waals surface area contributed by atoms with Gasteiger partial charge in [-0.1, -0.05) is 18.1 Å². The van der Waals surface area contributed by atoms with Crippen LogP contribution in [0.1, 0.15) is 6.92 Å². The van der Waals surface area contributed by atoms with Crippen LogP contribution in [0.15, 0.2) is 24.3 Å². The first kappa shape index (κ1) is 13.0. The van der Waals surface area contributed by atoms with Gasteiger partial charge in [-0.25, -0.2) is 0 Å². The standard InChI is InChI=1S/C14H14N2O3/c1-3-8-15-13(17)9-16-11-6-4-5-7-12(11)19-10(2)14(16)18/h1,4-7,10H,8-9H2,2H3,(H,15,17)/t10-/m1/s1. The number of anilines is 1. The smallest absolute Gasteiger partial charge is 0.268 e. The van der Waals surface area contributed by atoms with Crippen LogP contribution in [0, 0.1) is 12.3 Å². The van der Waals surface area contributed by atoms with Crippen LogP contribution in [0.5, 0.6) is 5.75 Å². The zero-order chi connectivity index (χ0) is 13.8. The van der Waals surface area contributed by atoms with Gasteiger partial charge >= 0.3 is 0 Å². The molecule has 0 bridgehead atoms. The maximum absolute atomic E-state index is 12.1. The summed E-state index contributed by atoms with van der Waals surface area (Å²) in [5, 5.41) is 2.54. The summed E-state index contributed by atoms with van der Waals surface area (Å²) in [6.07, 6.45) is 4.47. The van der Waals surface area contributed by atoms with E-state index in [1.807, 2.05) is 6.07 Å². The zero-order valence-electron chi connectivity index (χ0n) is 10.6. The van der Waals surface area contributed by atoms with E-state index >= 15 is 0 Å². The molecule has 1 aliphatic rings. The van der Waals surface area contributed by atoms with Gasteiger partial charge in [0, 0.05) is 0 Å². The number of nitrogens with zero attached hydrogens (tertiary/aromatic N) is 1. The predicted molar refractivity (Wildman–Crippen MR) is 70.7 cm³/mol. The van der Waals surface area contributed by atoms with Gasteiger partial charge in [-0.2, -0.15) is 0 Å². The fourth-order valence-corrected chi connectivity index (χ4v) is 1.87. The van der Waals surface area contributed by atoms with E-state index in [0.717, 1.165) is 0 Å². The molecular formula is C14H14N2O3. The topological polar surface area (TPSA) is 58.6 Å². The van der Waals surface area contributed by atoms with Crippen molar-refractivity contribution in [3.63, 3.8) is 0 Å². The summed E-state index contributed by atoms with van der Waals surface area (Å²) in [5.74, 6) is 2.37. The molecule has 0 saturated carbocycles.